The highest BCUT2D eigenvalue weighted by atomic mass is 35.5. The lowest BCUT2D eigenvalue weighted by Crippen LogP contribution is -2.18. The molecule has 0 amide bonds. The summed E-state index contributed by atoms with van der Waals surface area (Å²) in [7, 11) is 0. The largest absolute Gasteiger partial charge is 0.478 e. The summed E-state index contributed by atoms with van der Waals surface area (Å²) in [6.07, 6.45) is 16.4. The Labute approximate surface area is 254 Å². The molecule has 0 radical (unpaired) electrons. The third kappa shape index (κ3) is 10.6. The fraction of sp³-hybridized carbons (Fsp3) is 0.500. The Bertz CT molecular complexity index is 1310. The molecule has 0 unspecified atom stereocenters. The zero-order chi connectivity index (χ0) is 30.3. The lowest BCUT2D eigenvalue weighted by Gasteiger charge is -2.15. The van der Waals surface area contributed by atoms with Crippen molar-refractivity contribution in [1.82, 2.24) is 9.78 Å². The van der Waals surface area contributed by atoms with E-state index in [0.29, 0.717) is 22.6 Å². The van der Waals surface area contributed by atoms with Gasteiger partial charge in [-0.15, -0.1) is 5.10 Å². The molecule has 0 atom stereocenters. The van der Waals surface area contributed by atoms with Crippen molar-refractivity contribution in [3.05, 3.63) is 81.3 Å². The molecule has 0 aliphatic rings. The van der Waals surface area contributed by atoms with E-state index in [1.165, 1.54) is 61.8 Å². The number of halogens is 2. The van der Waals surface area contributed by atoms with Crippen molar-refractivity contribution >= 4 is 23.5 Å². The first-order chi connectivity index (χ1) is 20.3. The molecule has 3 rings (SSSR count). The molecule has 0 saturated carbocycles. The topological polar surface area (TPSA) is 81.4 Å². The highest BCUT2D eigenvalue weighted by molar-refractivity contribution is 6.30. The fourth-order valence-electron chi connectivity index (χ4n) is 5.18. The van der Waals surface area contributed by atoms with Gasteiger partial charge in [-0.2, -0.15) is 0 Å². The molecule has 8 heteroatoms. The SMILES string of the molecule is CCCCCCCCc1cc(CCCCCCCC)c(C(=O)Oc2ccn(Cc3ccc(Cl)cc3F)n2)c(C(=O)O)c1. The second-order valence-corrected chi connectivity index (χ2v) is 11.4. The number of carbonyl (C=O) groups excluding carboxylic acids is 1. The van der Waals surface area contributed by atoms with Gasteiger partial charge in [-0.25, -0.2) is 14.0 Å². The van der Waals surface area contributed by atoms with Crippen LogP contribution in [-0.4, -0.2) is 26.8 Å². The van der Waals surface area contributed by atoms with Crippen molar-refractivity contribution in [1.29, 1.82) is 0 Å². The minimum atomic E-state index is -1.15. The normalized spacial score (nSPS) is 11.1. The van der Waals surface area contributed by atoms with Gasteiger partial charge in [0.15, 0.2) is 0 Å². The van der Waals surface area contributed by atoms with Crippen LogP contribution < -0.4 is 4.74 Å². The van der Waals surface area contributed by atoms with Gasteiger partial charge in [0.2, 0.25) is 5.88 Å². The van der Waals surface area contributed by atoms with Crippen LogP contribution in [0.2, 0.25) is 5.02 Å². The minimum Gasteiger partial charge on any atom is -0.478 e. The van der Waals surface area contributed by atoms with Crippen LogP contribution >= 0.6 is 11.6 Å². The van der Waals surface area contributed by atoms with E-state index in [0.717, 1.165) is 44.1 Å². The number of ether oxygens (including phenoxy) is 1. The number of carbonyl (C=O) groups is 2. The zero-order valence-corrected chi connectivity index (χ0v) is 25.7. The van der Waals surface area contributed by atoms with Crippen LogP contribution in [0.5, 0.6) is 5.88 Å². The van der Waals surface area contributed by atoms with Gasteiger partial charge in [-0.05, 0) is 55.0 Å². The predicted octanol–water partition coefficient (Wildman–Crippen LogP) is 9.45. The Morgan fingerprint density at radius 3 is 2.14 bits per heavy atom. The van der Waals surface area contributed by atoms with Gasteiger partial charge in [0.1, 0.15) is 5.82 Å². The average Bonchev–Trinajstić information content (AvgIpc) is 3.40. The van der Waals surface area contributed by atoms with Gasteiger partial charge in [-0.3, -0.25) is 4.68 Å². The molecule has 0 saturated heterocycles. The molecule has 42 heavy (non-hydrogen) atoms. The van der Waals surface area contributed by atoms with Crippen molar-refractivity contribution in [2.45, 2.75) is 110 Å². The van der Waals surface area contributed by atoms with E-state index in [4.69, 9.17) is 16.3 Å². The first-order valence-electron chi connectivity index (χ1n) is 15.4. The van der Waals surface area contributed by atoms with Crippen LogP contribution in [-0.2, 0) is 19.4 Å². The van der Waals surface area contributed by atoms with E-state index < -0.39 is 17.8 Å². The number of aromatic nitrogens is 2. The second kappa shape index (κ2) is 17.7. The van der Waals surface area contributed by atoms with Crippen LogP contribution in [0, 0.1) is 5.82 Å². The number of unbranched alkanes of at least 4 members (excludes halogenated alkanes) is 10. The van der Waals surface area contributed by atoms with Crippen LogP contribution in [0.15, 0.2) is 42.6 Å². The first kappa shape index (κ1) is 33.3. The summed E-state index contributed by atoms with van der Waals surface area (Å²) in [5, 5.41) is 14.7. The maximum atomic E-state index is 14.2. The molecular formula is C34H44ClFN2O4. The average molecular weight is 599 g/mol. The smallest absolute Gasteiger partial charge is 0.346 e. The molecule has 228 valence electrons. The van der Waals surface area contributed by atoms with Gasteiger partial charge in [-0.1, -0.05) is 102 Å². The molecule has 6 nitrogen and oxygen atoms in total. The number of aromatic carboxylic acids is 1. The number of esters is 1. The van der Waals surface area contributed by atoms with E-state index >= 15 is 0 Å². The number of carboxylic acid groups (broad SMARTS) is 1. The molecule has 0 spiro atoms. The first-order valence-corrected chi connectivity index (χ1v) is 15.8. The number of hydrogen-bond acceptors (Lipinski definition) is 4. The van der Waals surface area contributed by atoms with E-state index in [2.05, 4.69) is 18.9 Å². The standard InChI is InChI=1S/C34H44ClFN2O4/c1-3-5-7-9-11-13-15-25-21-26(16-14-12-10-8-6-4-2)32(29(22-25)33(39)40)34(41)42-31-19-20-38(37-31)24-27-17-18-28(35)23-30(27)36/h17-23H,3-16,24H2,1-2H3,(H,39,40). The van der Waals surface area contributed by atoms with Crippen LogP contribution in [0.25, 0.3) is 0 Å². The fourth-order valence-corrected chi connectivity index (χ4v) is 5.34. The highest BCUT2D eigenvalue weighted by Crippen LogP contribution is 2.25. The highest BCUT2D eigenvalue weighted by Gasteiger charge is 2.24. The minimum absolute atomic E-state index is 0.0207. The van der Waals surface area contributed by atoms with Crippen LogP contribution in [0.3, 0.4) is 0 Å². The summed E-state index contributed by atoms with van der Waals surface area (Å²) in [4.78, 5) is 25.8. The lowest BCUT2D eigenvalue weighted by molar-refractivity contribution is 0.0664. The summed E-state index contributed by atoms with van der Waals surface area (Å²) in [5.74, 6) is -2.34. The van der Waals surface area contributed by atoms with Crippen molar-refractivity contribution in [2.24, 2.45) is 0 Å². The van der Waals surface area contributed by atoms with Crippen molar-refractivity contribution < 1.29 is 23.8 Å². The van der Waals surface area contributed by atoms with E-state index in [1.807, 2.05) is 6.07 Å². The molecule has 1 aromatic heterocycles. The number of hydrogen-bond donors (Lipinski definition) is 1. The molecule has 0 aliphatic heterocycles. The van der Waals surface area contributed by atoms with Crippen LogP contribution in [0.1, 0.15) is 128 Å². The summed E-state index contributed by atoms with van der Waals surface area (Å²) in [6.45, 7) is 4.50. The van der Waals surface area contributed by atoms with Crippen LogP contribution in [0.4, 0.5) is 4.39 Å². The Hall–Kier alpha value is -3.19. The van der Waals surface area contributed by atoms with Gasteiger partial charge >= 0.3 is 11.9 Å². The van der Waals surface area contributed by atoms with Gasteiger partial charge in [0.05, 0.1) is 17.7 Å². The van der Waals surface area contributed by atoms with E-state index in [-0.39, 0.29) is 23.6 Å². The van der Waals surface area contributed by atoms with E-state index in [1.54, 1.807) is 24.4 Å². The van der Waals surface area contributed by atoms with Crippen molar-refractivity contribution in [2.75, 3.05) is 0 Å². The number of rotatable bonds is 19. The molecule has 2 aromatic carbocycles. The third-order valence-corrected chi connectivity index (χ3v) is 7.73. The summed E-state index contributed by atoms with van der Waals surface area (Å²) >= 11 is 5.84. The molecule has 0 aliphatic carbocycles. The maximum Gasteiger partial charge on any atom is 0.346 e. The molecule has 0 fully saturated rings. The second-order valence-electron chi connectivity index (χ2n) is 11.0. The quantitative estimate of drug-likeness (QED) is 0.110. The molecular weight excluding hydrogens is 555 g/mol. The maximum absolute atomic E-state index is 14.2. The Balaban J connectivity index is 1.78. The number of benzene rings is 2. The Morgan fingerprint density at radius 2 is 1.50 bits per heavy atom. The Kier molecular flexibility index (Phi) is 14.0. The van der Waals surface area contributed by atoms with Crippen molar-refractivity contribution in [3.8, 4) is 5.88 Å². The monoisotopic (exact) mass is 598 g/mol. The Morgan fingerprint density at radius 1 is 0.857 bits per heavy atom. The van der Waals surface area contributed by atoms with E-state index in [9.17, 15) is 19.1 Å². The number of aryl methyl sites for hydroxylation is 2. The summed E-state index contributed by atoms with van der Waals surface area (Å²) in [5.41, 5.74) is 2.08. The van der Waals surface area contributed by atoms with Crippen molar-refractivity contribution in [3.63, 3.8) is 0 Å². The molecule has 3 aromatic rings. The van der Waals surface area contributed by atoms with Gasteiger partial charge in [0.25, 0.3) is 0 Å². The number of nitrogens with zero attached hydrogens (tertiary/aromatic N) is 2. The van der Waals surface area contributed by atoms with Gasteiger partial charge < -0.3 is 9.84 Å². The van der Waals surface area contributed by atoms with Gasteiger partial charge in [0, 0.05) is 22.8 Å². The molecule has 0 bridgehead atoms. The zero-order valence-electron chi connectivity index (χ0n) is 25.0. The molecule has 1 N–H and O–H groups in total. The third-order valence-electron chi connectivity index (χ3n) is 7.49. The summed E-state index contributed by atoms with van der Waals surface area (Å²) in [6, 6.07) is 9.52. The lowest BCUT2D eigenvalue weighted by atomic mass is 9.92. The molecule has 1 heterocycles. The number of carboxylic acids is 1. The predicted molar refractivity (Wildman–Crippen MR) is 165 cm³/mol. The summed E-state index contributed by atoms with van der Waals surface area (Å²) < 4.78 is 21.3.